The normalized spacial score (nSPS) is 14.9. The minimum Gasteiger partial charge on any atom is -0.387 e. The van der Waals surface area contributed by atoms with Crippen LogP contribution in [0.4, 0.5) is 10.2 Å². The van der Waals surface area contributed by atoms with Crippen LogP contribution in [0.25, 0.3) is 0 Å². The van der Waals surface area contributed by atoms with Gasteiger partial charge in [-0.25, -0.2) is 9.97 Å². The lowest BCUT2D eigenvalue weighted by Gasteiger charge is -2.27. The monoisotopic (exact) mass is 228 g/mol. The van der Waals surface area contributed by atoms with Crippen molar-refractivity contribution in [2.75, 3.05) is 32.5 Å². The number of aliphatic hydroxyl groups is 1. The number of likely N-dealkylation sites (N-methyl/N-ethyl adjacent to an activating group) is 1. The van der Waals surface area contributed by atoms with Crippen molar-refractivity contribution in [3.05, 3.63) is 18.3 Å². The molecule has 5 nitrogen and oxygen atoms in total. The van der Waals surface area contributed by atoms with Gasteiger partial charge in [0.05, 0.1) is 5.60 Å². The second kappa shape index (κ2) is 5.18. The molecule has 6 heteroatoms. The highest BCUT2D eigenvalue weighted by atomic mass is 19.1. The molecule has 0 aliphatic carbocycles. The molecular formula is C10H17FN4O. The van der Waals surface area contributed by atoms with E-state index in [1.807, 2.05) is 19.0 Å². The van der Waals surface area contributed by atoms with Gasteiger partial charge in [-0.1, -0.05) is 0 Å². The third kappa shape index (κ3) is 4.50. The molecule has 0 saturated carbocycles. The van der Waals surface area contributed by atoms with Crippen LogP contribution in [0.1, 0.15) is 6.92 Å². The Bertz CT molecular complexity index is 343. The van der Waals surface area contributed by atoms with Gasteiger partial charge in [-0.2, -0.15) is 4.39 Å². The van der Waals surface area contributed by atoms with E-state index in [9.17, 15) is 9.50 Å². The molecule has 1 heterocycles. The Morgan fingerprint density at radius 2 is 2.19 bits per heavy atom. The van der Waals surface area contributed by atoms with Gasteiger partial charge >= 0.3 is 0 Å². The van der Waals surface area contributed by atoms with Crippen molar-refractivity contribution in [2.24, 2.45) is 0 Å². The van der Waals surface area contributed by atoms with Gasteiger partial charge in [0.15, 0.2) is 0 Å². The zero-order valence-electron chi connectivity index (χ0n) is 9.74. The second-order valence-electron chi connectivity index (χ2n) is 4.31. The summed E-state index contributed by atoms with van der Waals surface area (Å²) in [5.41, 5.74) is -0.898. The molecule has 0 bridgehead atoms. The molecule has 0 aliphatic heterocycles. The van der Waals surface area contributed by atoms with Crippen LogP contribution in [-0.2, 0) is 0 Å². The van der Waals surface area contributed by atoms with Gasteiger partial charge in [0.1, 0.15) is 12.1 Å². The summed E-state index contributed by atoms with van der Waals surface area (Å²) < 4.78 is 12.7. The average molecular weight is 228 g/mol. The van der Waals surface area contributed by atoms with Gasteiger partial charge in [0.2, 0.25) is 5.95 Å². The number of hydrogen-bond donors (Lipinski definition) is 2. The zero-order valence-corrected chi connectivity index (χ0v) is 9.74. The fourth-order valence-corrected chi connectivity index (χ4v) is 1.45. The smallest absolute Gasteiger partial charge is 0.217 e. The average Bonchev–Trinajstić information content (AvgIpc) is 2.13. The Balaban J connectivity index is 2.50. The van der Waals surface area contributed by atoms with Crippen LogP contribution in [0.3, 0.4) is 0 Å². The van der Waals surface area contributed by atoms with Crippen LogP contribution in [0, 0.1) is 5.95 Å². The second-order valence-corrected chi connectivity index (χ2v) is 4.31. The van der Waals surface area contributed by atoms with Crippen molar-refractivity contribution in [3.63, 3.8) is 0 Å². The van der Waals surface area contributed by atoms with Crippen molar-refractivity contribution < 1.29 is 9.50 Å². The maximum atomic E-state index is 12.7. The van der Waals surface area contributed by atoms with Crippen LogP contribution in [-0.4, -0.2) is 52.8 Å². The molecule has 1 atom stereocenters. The Morgan fingerprint density at radius 3 is 2.75 bits per heavy atom. The van der Waals surface area contributed by atoms with Gasteiger partial charge in [-0.05, 0) is 21.0 Å². The molecule has 1 aromatic heterocycles. The van der Waals surface area contributed by atoms with E-state index in [-0.39, 0.29) is 0 Å². The number of nitrogens with one attached hydrogen (secondary N) is 1. The summed E-state index contributed by atoms with van der Waals surface area (Å²) in [5.74, 6) is -0.226. The summed E-state index contributed by atoms with van der Waals surface area (Å²) in [6.45, 7) is 2.51. The van der Waals surface area contributed by atoms with Crippen molar-refractivity contribution in [1.82, 2.24) is 14.9 Å². The molecule has 0 aromatic carbocycles. The lowest BCUT2D eigenvalue weighted by molar-refractivity contribution is 0.0459. The Labute approximate surface area is 94.3 Å². The lowest BCUT2D eigenvalue weighted by atomic mass is 10.1. The molecule has 0 spiro atoms. The fourth-order valence-electron chi connectivity index (χ4n) is 1.45. The molecule has 0 amide bonds. The van der Waals surface area contributed by atoms with E-state index in [0.29, 0.717) is 18.9 Å². The molecule has 1 rings (SSSR count). The van der Waals surface area contributed by atoms with Crippen molar-refractivity contribution in [1.29, 1.82) is 0 Å². The Morgan fingerprint density at radius 1 is 1.50 bits per heavy atom. The van der Waals surface area contributed by atoms with Gasteiger partial charge in [-0.15, -0.1) is 0 Å². The van der Waals surface area contributed by atoms with Gasteiger partial charge in [0.25, 0.3) is 0 Å². The highest BCUT2D eigenvalue weighted by molar-refractivity contribution is 5.32. The third-order valence-corrected chi connectivity index (χ3v) is 1.94. The first kappa shape index (κ1) is 12.8. The topological polar surface area (TPSA) is 61.3 Å². The SMILES string of the molecule is CN(C)CC(C)(O)CNc1cc(F)ncn1. The number of hydrogen-bond acceptors (Lipinski definition) is 5. The van der Waals surface area contributed by atoms with E-state index in [4.69, 9.17) is 0 Å². The van der Waals surface area contributed by atoms with Crippen LogP contribution in [0.5, 0.6) is 0 Å². The first-order valence-corrected chi connectivity index (χ1v) is 4.97. The highest BCUT2D eigenvalue weighted by Gasteiger charge is 2.21. The van der Waals surface area contributed by atoms with Gasteiger partial charge in [-0.3, -0.25) is 0 Å². The summed E-state index contributed by atoms with van der Waals surface area (Å²) in [6, 6.07) is 1.19. The Hall–Kier alpha value is -1.27. The molecule has 0 radical (unpaired) electrons. The van der Waals surface area contributed by atoms with Crippen LogP contribution >= 0.6 is 0 Å². The first-order chi connectivity index (χ1) is 7.39. The van der Waals surface area contributed by atoms with Gasteiger partial charge in [0, 0.05) is 19.2 Å². The van der Waals surface area contributed by atoms with Crippen molar-refractivity contribution >= 4 is 5.82 Å². The van der Waals surface area contributed by atoms with Crippen molar-refractivity contribution in [2.45, 2.75) is 12.5 Å². The van der Waals surface area contributed by atoms with Gasteiger partial charge < -0.3 is 15.3 Å². The standard InChI is InChI=1S/C10H17FN4O/c1-10(16,6-15(2)3)5-12-9-4-8(11)13-7-14-9/h4,7,16H,5-6H2,1-3H3,(H,12,13,14). The number of nitrogens with zero attached hydrogens (tertiary/aromatic N) is 3. The first-order valence-electron chi connectivity index (χ1n) is 4.97. The summed E-state index contributed by atoms with van der Waals surface area (Å²) in [7, 11) is 3.75. The zero-order chi connectivity index (χ0) is 12.2. The number of aromatic nitrogens is 2. The number of halogens is 1. The molecule has 16 heavy (non-hydrogen) atoms. The minimum absolute atomic E-state index is 0.293. The molecule has 1 aromatic rings. The third-order valence-electron chi connectivity index (χ3n) is 1.94. The van der Waals surface area contributed by atoms with E-state index >= 15 is 0 Å². The van der Waals surface area contributed by atoms with Crippen molar-refractivity contribution in [3.8, 4) is 0 Å². The minimum atomic E-state index is -0.898. The van der Waals surface area contributed by atoms with E-state index in [2.05, 4.69) is 15.3 Å². The van der Waals surface area contributed by atoms with E-state index in [0.717, 1.165) is 6.33 Å². The summed E-state index contributed by atoms with van der Waals surface area (Å²) in [6.07, 6.45) is 1.14. The molecule has 1 unspecified atom stereocenters. The number of anilines is 1. The largest absolute Gasteiger partial charge is 0.387 e. The van der Waals surface area contributed by atoms with E-state index in [1.165, 1.54) is 6.07 Å². The van der Waals surface area contributed by atoms with E-state index in [1.54, 1.807) is 6.92 Å². The summed E-state index contributed by atoms with van der Waals surface area (Å²) in [4.78, 5) is 9.06. The molecule has 0 fully saturated rings. The fraction of sp³-hybridized carbons (Fsp3) is 0.600. The molecule has 2 N–H and O–H groups in total. The predicted molar refractivity (Wildman–Crippen MR) is 59.7 cm³/mol. The van der Waals surface area contributed by atoms with Crippen LogP contribution in [0.15, 0.2) is 12.4 Å². The Kier molecular flexibility index (Phi) is 4.14. The van der Waals surface area contributed by atoms with Crippen LogP contribution < -0.4 is 5.32 Å². The lowest BCUT2D eigenvalue weighted by Crippen LogP contribution is -2.43. The quantitative estimate of drug-likeness (QED) is 0.712. The van der Waals surface area contributed by atoms with E-state index < -0.39 is 11.5 Å². The maximum Gasteiger partial charge on any atom is 0.217 e. The molecule has 0 saturated heterocycles. The molecule has 90 valence electrons. The van der Waals surface area contributed by atoms with Crippen LogP contribution in [0.2, 0.25) is 0 Å². The molecular weight excluding hydrogens is 211 g/mol. The maximum absolute atomic E-state index is 12.7. The summed E-state index contributed by atoms with van der Waals surface area (Å²) >= 11 is 0. The molecule has 0 aliphatic rings. The summed E-state index contributed by atoms with van der Waals surface area (Å²) in [5, 5.41) is 12.8. The predicted octanol–water partition coefficient (Wildman–Crippen LogP) is 0.340. The highest BCUT2D eigenvalue weighted by Crippen LogP contribution is 2.08. The number of rotatable bonds is 5.